The Morgan fingerprint density at radius 1 is 1.04 bits per heavy atom. The van der Waals surface area contributed by atoms with Crippen LogP contribution in [0, 0.1) is 0 Å². The maximum Gasteiger partial charge on any atom is 0.237 e. The molecular formula is C20H30N2O2. The van der Waals surface area contributed by atoms with Gasteiger partial charge in [-0.3, -0.25) is 9.69 Å². The Hall–Kier alpha value is -1.55. The number of rotatable bonds is 3. The van der Waals surface area contributed by atoms with Gasteiger partial charge in [0.05, 0.1) is 6.54 Å². The van der Waals surface area contributed by atoms with E-state index < -0.39 is 0 Å². The van der Waals surface area contributed by atoms with Crippen LogP contribution < -0.4 is 0 Å². The molecule has 2 saturated heterocycles. The molecule has 1 aromatic rings. The molecule has 1 amide bonds. The van der Waals surface area contributed by atoms with Crippen molar-refractivity contribution in [1.29, 1.82) is 0 Å². The Labute approximate surface area is 145 Å². The number of hydrogen-bond donors (Lipinski definition) is 1. The topological polar surface area (TPSA) is 43.8 Å². The number of likely N-dealkylation sites (tertiary alicyclic amines) is 2. The summed E-state index contributed by atoms with van der Waals surface area (Å²) in [6, 6.07) is 8.36. The smallest absolute Gasteiger partial charge is 0.237 e. The molecule has 0 radical (unpaired) electrons. The first-order chi connectivity index (χ1) is 11.5. The monoisotopic (exact) mass is 330 g/mol. The molecule has 1 N–H and O–H groups in total. The third-order valence-electron chi connectivity index (χ3n) is 5.79. The van der Waals surface area contributed by atoms with Gasteiger partial charge in [-0.15, -0.1) is 0 Å². The molecule has 0 aliphatic carbocycles. The Kier molecular flexibility index (Phi) is 5.44. The predicted octanol–water partition coefficient (Wildman–Crippen LogP) is 3.36. The van der Waals surface area contributed by atoms with Gasteiger partial charge in [-0.25, -0.2) is 0 Å². The quantitative estimate of drug-likeness (QED) is 0.924. The molecule has 2 fully saturated rings. The molecule has 4 heteroatoms. The zero-order valence-corrected chi connectivity index (χ0v) is 14.9. The third kappa shape index (κ3) is 3.92. The summed E-state index contributed by atoms with van der Waals surface area (Å²) >= 11 is 0. The third-order valence-corrected chi connectivity index (χ3v) is 5.79. The van der Waals surface area contributed by atoms with Gasteiger partial charge in [0.15, 0.2) is 0 Å². The summed E-state index contributed by atoms with van der Waals surface area (Å²) in [7, 11) is 0. The van der Waals surface area contributed by atoms with E-state index in [-0.39, 0.29) is 0 Å². The van der Waals surface area contributed by atoms with E-state index in [1.54, 1.807) is 12.1 Å². The van der Waals surface area contributed by atoms with E-state index in [1.165, 1.54) is 12.0 Å². The van der Waals surface area contributed by atoms with Crippen molar-refractivity contribution >= 4 is 5.91 Å². The Balaban J connectivity index is 1.51. The molecule has 3 rings (SSSR count). The molecule has 0 bridgehead atoms. The minimum absolute atomic E-state index is 0.304. The fraction of sp³-hybridized carbons (Fsp3) is 0.650. The summed E-state index contributed by atoms with van der Waals surface area (Å²) in [5.74, 6) is 1.18. The first kappa shape index (κ1) is 17.3. The highest BCUT2D eigenvalue weighted by atomic mass is 16.3. The highest BCUT2D eigenvalue weighted by Gasteiger charge is 2.30. The Morgan fingerprint density at radius 2 is 1.62 bits per heavy atom. The SMILES string of the molecule is C[C@@H]1CCC[C@H](C)N1C(=O)CN1CCC(c2ccc(O)cc2)CC1. The van der Waals surface area contributed by atoms with Crippen LogP contribution in [0.25, 0.3) is 0 Å². The minimum Gasteiger partial charge on any atom is -0.508 e. The van der Waals surface area contributed by atoms with Crippen molar-refractivity contribution < 1.29 is 9.90 Å². The number of carbonyl (C=O) groups excluding carboxylic acids is 1. The molecule has 1 aromatic carbocycles. The molecule has 2 heterocycles. The van der Waals surface area contributed by atoms with Gasteiger partial charge >= 0.3 is 0 Å². The summed E-state index contributed by atoms with van der Waals surface area (Å²) in [5, 5.41) is 9.41. The maximum atomic E-state index is 12.7. The fourth-order valence-corrected chi connectivity index (χ4v) is 4.36. The van der Waals surface area contributed by atoms with Gasteiger partial charge in [0.25, 0.3) is 0 Å². The van der Waals surface area contributed by atoms with Gasteiger partial charge in [0, 0.05) is 12.1 Å². The van der Waals surface area contributed by atoms with Crippen LogP contribution >= 0.6 is 0 Å². The van der Waals surface area contributed by atoms with Gasteiger partial charge in [-0.1, -0.05) is 12.1 Å². The van der Waals surface area contributed by atoms with Crippen LogP contribution in [0.3, 0.4) is 0 Å². The number of carbonyl (C=O) groups is 1. The molecule has 0 spiro atoms. The minimum atomic E-state index is 0.304. The van der Waals surface area contributed by atoms with Crippen molar-refractivity contribution in [3.63, 3.8) is 0 Å². The van der Waals surface area contributed by atoms with Crippen LogP contribution in [0.15, 0.2) is 24.3 Å². The molecule has 0 unspecified atom stereocenters. The van der Waals surface area contributed by atoms with Crippen LogP contribution in [0.5, 0.6) is 5.75 Å². The van der Waals surface area contributed by atoms with Crippen LogP contribution in [-0.4, -0.2) is 52.5 Å². The lowest BCUT2D eigenvalue weighted by atomic mass is 9.89. The molecule has 2 atom stereocenters. The van der Waals surface area contributed by atoms with Crippen LogP contribution in [0.2, 0.25) is 0 Å². The Bertz CT molecular complexity index is 539. The standard InChI is InChI=1S/C20H30N2O2/c1-15-4-3-5-16(2)22(15)20(24)14-21-12-10-18(11-13-21)17-6-8-19(23)9-7-17/h6-9,15-16,18,23H,3-5,10-14H2,1-2H3/t15-,16+. The van der Waals surface area contributed by atoms with E-state index in [9.17, 15) is 9.90 Å². The van der Waals surface area contributed by atoms with Crippen molar-refractivity contribution in [1.82, 2.24) is 9.80 Å². The number of piperidine rings is 2. The molecule has 0 saturated carbocycles. The molecule has 2 aliphatic heterocycles. The van der Waals surface area contributed by atoms with Gasteiger partial charge in [-0.2, -0.15) is 0 Å². The van der Waals surface area contributed by atoms with E-state index in [4.69, 9.17) is 0 Å². The number of hydrogen-bond acceptors (Lipinski definition) is 3. The van der Waals surface area contributed by atoms with Crippen molar-refractivity contribution in [2.24, 2.45) is 0 Å². The van der Waals surface area contributed by atoms with E-state index in [0.29, 0.717) is 36.2 Å². The van der Waals surface area contributed by atoms with E-state index in [2.05, 4.69) is 23.6 Å². The average Bonchev–Trinajstić information content (AvgIpc) is 2.56. The van der Waals surface area contributed by atoms with Crippen LogP contribution in [0.1, 0.15) is 57.4 Å². The number of nitrogens with zero attached hydrogens (tertiary/aromatic N) is 2. The van der Waals surface area contributed by atoms with Crippen molar-refractivity contribution in [2.45, 2.75) is 64.0 Å². The lowest BCUT2D eigenvalue weighted by molar-refractivity contribution is -0.138. The highest BCUT2D eigenvalue weighted by Crippen LogP contribution is 2.29. The van der Waals surface area contributed by atoms with Crippen molar-refractivity contribution in [3.8, 4) is 5.75 Å². The number of amides is 1. The predicted molar refractivity (Wildman–Crippen MR) is 96.1 cm³/mol. The lowest BCUT2D eigenvalue weighted by Crippen LogP contribution is -2.51. The van der Waals surface area contributed by atoms with Crippen molar-refractivity contribution in [3.05, 3.63) is 29.8 Å². The first-order valence-corrected chi connectivity index (χ1v) is 9.37. The summed E-state index contributed by atoms with van der Waals surface area (Å²) in [4.78, 5) is 17.2. The zero-order valence-electron chi connectivity index (χ0n) is 14.9. The number of phenolic OH excluding ortho intramolecular Hbond substituents is 1. The summed E-state index contributed by atoms with van der Waals surface area (Å²) in [6.45, 7) is 6.90. The molecular weight excluding hydrogens is 300 g/mol. The fourth-order valence-electron chi connectivity index (χ4n) is 4.36. The normalized spacial score (nSPS) is 26.5. The molecule has 24 heavy (non-hydrogen) atoms. The second-order valence-corrected chi connectivity index (χ2v) is 7.57. The summed E-state index contributed by atoms with van der Waals surface area (Å²) in [6.07, 6.45) is 5.69. The van der Waals surface area contributed by atoms with E-state index in [1.807, 2.05) is 12.1 Å². The van der Waals surface area contributed by atoms with Gasteiger partial charge in [0.2, 0.25) is 5.91 Å². The number of phenols is 1. The first-order valence-electron chi connectivity index (χ1n) is 9.37. The summed E-state index contributed by atoms with van der Waals surface area (Å²) < 4.78 is 0. The second kappa shape index (κ2) is 7.56. The maximum absolute atomic E-state index is 12.7. The highest BCUT2D eigenvalue weighted by molar-refractivity contribution is 5.79. The lowest BCUT2D eigenvalue weighted by Gasteiger charge is -2.41. The largest absolute Gasteiger partial charge is 0.508 e. The second-order valence-electron chi connectivity index (χ2n) is 7.57. The molecule has 132 valence electrons. The van der Waals surface area contributed by atoms with E-state index in [0.717, 1.165) is 38.8 Å². The van der Waals surface area contributed by atoms with Gasteiger partial charge < -0.3 is 10.0 Å². The average molecular weight is 330 g/mol. The van der Waals surface area contributed by atoms with Crippen LogP contribution in [-0.2, 0) is 4.79 Å². The number of benzene rings is 1. The van der Waals surface area contributed by atoms with Gasteiger partial charge in [-0.05, 0) is 82.7 Å². The van der Waals surface area contributed by atoms with Gasteiger partial charge in [0.1, 0.15) is 5.75 Å². The number of aromatic hydroxyl groups is 1. The van der Waals surface area contributed by atoms with Crippen molar-refractivity contribution in [2.75, 3.05) is 19.6 Å². The zero-order chi connectivity index (χ0) is 17.1. The van der Waals surface area contributed by atoms with E-state index >= 15 is 0 Å². The molecule has 0 aromatic heterocycles. The molecule has 4 nitrogen and oxygen atoms in total. The molecule has 2 aliphatic rings. The summed E-state index contributed by atoms with van der Waals surface area (Å²) in [5.41, 5.74) is 1.30. The Morgan fingerprint density at radius 3 is 2.21 bits per heavy atom. The van der Waals surface area contributed by atoms with Crippen LogP contribution in [0.4, 0.5) is 0 Å².